The van der Waals surface area contributed by atoms with Gasteiger partial charge in [0, 0.05) is 0 Å². The Hall–Kier alpha value is -2.40. The van der Waals surface area contributed by atoms with E-state index in [2.05, 4.69) is 22.6 Å². The molecule has 1 aromatic rings. The first-order valence-corrected chi connectivity index (χ1v) is 6.77. The molecule has 0 radical (unpaired) electrons. The van der Waals surface area contributed by atoms with E-state index in [0.717, 1.165) is 11.8 Å². The lowest BCUT2D eigenvalue weighted by Gasteiger charge is -2.09. The number of carbonyl (C=O) groups is 2. The molecule has 0 heterocycles. The van der Waals surface area contributed by atoms with Gasteiger partial charge in [-0.3, -0.25) is 4.79 Å². The van der Waals surface area contributed by atoms with Crippen molar-refractivity contribution in [1.82, 2.24) is 0 Å². The Morgan fingerprint density at radius 3 is 2.09 bits per heavy atom. The summed E-state index contributed by atoms with van der Waals surface area (Å²) < 4.78 is 8.84. The quantitative estimate of drug-likeness (QED) is 0.646. The minimum absolute atomic E-state index is 0.184. The molecule has 5 heteroatoms. The highest BCUT2D eigenvalue weighted by atomic mass is 16.5. The molecule has 5 nitrogen and oxygen atoms in total. The Morgan fingerprint density at radius 1 is 1.14 bits per heavy atom. The Kier molecular flexibility index (Phi) is 10.0. The van der Waals surface area contributed by atoms with Crippen molar-refractivity contribution in [2.75, 3.05) is 0 Å². The molecule has 1 N–H and O–H groups in total. The minimum Gasteiger partial charge on any atom is -0.435 e. The number of ether oxygens (including phenoxy) is 2. The van der Waals surface area contributed by atoms with Gasteiger partial charge < -0.3 is 14.6 Å². The lowest BCUT2D eigenvalue weighted by atomic mass is 9.98. The number of rotatable bonds is 6. The molecule has 0 fully saturated rings. The van der Waals surface area contributed by atoms with E-state index in [9.17, 15) is 9.59 Å². The van der Waals surface area contributed by atoms with Crippen LogP contribution in [0.3, 0.4) is 0 Å². The zero-order chi connectivity index (χ0) is 17.0. The van der Waals surface area contributed by atoms with Crippen LogP contribution in [0.5, 0.6) is 0 Å². The molecule has 0 aromatic heterocycles. The molecule has 0 saturated heterocycles. The highest BCUT2D eigenvalue weighted by Gasteiger charge is 2.10. The molecule has 22 heavy (non-hydrogen) atoms. The predicted octanol–water partition coefficient (Wildman–Crippen LogP) is 2.92. The lowest BCUT2D eigenvalue weighted by Crippen LogP contribution is -2.16. The van der Waals surface area contributed by atoms with Crippen LogP contribution >= 0.6 is 0 Å². The molecule has 0 saturated carbocycles. The Labute approximate surface area is 130 Å². The van der Waals surface area contributed by atoms with Crippen LogP contribution in [0.4, 0.5) is 0 Å². The normalized spacial score (nSPS) is 12.0. The van der Waals surface area contributed by atoms with Gasteiger partial charge in [-0.05, 0) is 18.4 Å². The number of hydrogen-bond acceptors (Lipinski definition) is 5. The molecule has 0 aliphatic heterocycles. The summed E-state index contributed by atoms with van der Waals surface area (Å²) in [5.74, 6) is -0.736. The maximum Gasteiger partial charge on any atom is 0.339 e. The second-order valence-electron chi connectivity index (χ2n) is 4.45. The topological polar surface area (TPSA) is 72.8 Å². The average molecular weight is 306 g/mol. The van der Waals surface area contributed by atoms with E-state index in [1.807, 2.05) is 37.3 Å². The summed E-state index contributed by atoms with van der Waals surface area (Å²) >= 11 is 0. The third-order valence-electron chi connectivity index (χ3n) is 2.60. The summed E-state index contributed by atoms with van der Waals surface area (Å²) in [7, 11) is 0. The lowest BCUT2D eigenvalue weighted by molar-refractivity contribution is -0.146. The molecular weight excluding hydrogens is 284 g/mol. The van der Waals surface area contributed by atoms with Gasteiger partial charge in [0.15, 0.2) is 0 Å². The van der Waals surface area contributed by atoms with Crippen LogP contribution < -0.4 is 0 Å². The van der Waals surface area contributed by atoms with E-state index < -0.39 is 12.1 Å². The number of hydrogen-bond donors (Lipinski definition) is 1. The molecule has 1 aromatic carbocycles. The van der Waals surface area contributed by atoms with E-state index in [0.29, 0.717) is 6.42 Å². The summed E-state index contributed by atoms with van der Waals surface area (Å²) in [5, 5.41) is 8.43. The fourth-order valence-electron chi connectivity index (χ4n) is 1.47. The number of carbonyl (C=O) groups excluding carboxylic acids is 2. The monoisotopic (exact) mass is 306 g/mol. The zero-order valence-electron chi connectivity index (χ0n) is 12.9. The van der Waals surface area contributed by atoms with Crippen LogP contribution in [0.25, 0.3) is 0 Å². The van der Waals surface area contributed by atoms with E-state index in [-0.39, 0.29) is 11.9 Å². The van der Waals surface area contributed by atoms with Crippen LogP contribution in [0.15, 0.2) is 56.0 Å². The van der Waals surface area contributed by atoms with Crippen molar-refractivity contribution in [3.8, 4) is 0 Å². The SMILES string of the molecule is C=COC(=O)C(C)O.C=COC(=O)CC(C)c1ccccc1. The fraction of sp³-hybridized carbons (Fsp3) is 0.294. The van der Waals surface area contributed by atoms with Gasteiger partial charge in [-0.15, -0.1) is 0 Å². The van der Waals surface area contributed by atoms with E-state index in [1.165, 1.54) is 13.2 Å². The zero-order valence-corrected chi connectivity index (χ0v) is 12.9. The molecule has 0 bridgehead atoms. The fourth-order valence-corrected chi connectivity index (χ4v) is 1.47. The van der Waals surface area contributed by atoms with Gasteiger partial charge in [0.05, 0.1) is 18.9 Å². The largest absolute Gasteiger partial charge is 0.435 e. The van der Waals surface area contributed by atoms with Crippen LogP contribution in [-0.4, -0.2) is 23.1 Å². The molecule has 0 aliphatic carbocycles. The Morgan fingerprint density at radius 2 is 1.68 bits per heavy atom. The van der Waals surface area contributed by atoms with Crippen molar-refractivity contribution < 1.29 is 24.2 Å². The van der Waals surface area contributed by atoms with Crippen LogP contribution in [0, 0.1) is 0 Å². The van der Waals surface area contributed by atoms with E-state index >= 15 is 0 Å². The molecule has 2 unspecified atom stereocenters. The first-order chi connectivity index (χ1) is 10.4. The summed E-state index contributed by atoms with van der Waals surface area (Å²) in [4.78, 5) is 21.3. The molecular formula is C17H22O5. The van der Waals surface area contributed by atoms with E-state index in [4.69, 9.17) is 5.11 Å². The van der Waals surface area contributed by atoms with Crippen molar-refractivity contribution in [1.29, 1.82) is 0 Å². The van der Waals surface area contributed by atoms with Gasteiger partial charge in [-0.2, -0.15) is 0 Å². The van der Waals surface area contributed by atoms with Crippen molar-refractivity contribution in [3.63, 3.8) is 0 Å². The van der Waals surface area contributed by atoms with Gasteiger partial charge in [0.1, 0.15) is 6.10 Å². The summed E-state index contributed by atoms with van der Waals surface area (Å²) in [6, 6.07) is 9.89. The number of aliphatic hydroxyl groups is 1. The third-order valence-corrected chi connectivity index (χ3v) is 2.60. The smallest absolute Gasteiger partial charge is 0.339 e. The van der Waals surface area contributed by atoms with Gasteiger partial charge >= 0.3 is 11.9 Å². The summed E-state index contributed by atoms with van der Waals surface area (Å²) in [6.07, 6.45) is 1.47. The number of esters is 2. The summed E-state index contributed by atoms with van der Waals surface area (Å²) in [5.41, 5.74) is 1.15. The van der Waals surface area contributed by atoms with Crippen molar-refractivity contribution in [2.45, 2.75) is 32.3 Å². The van der Waals surface area contributed by atoms with Gasteiger partial charge in [-0.25, -0.2) is 4.79 Å². The molecule has 1 rings (SSSR count). The van der Waals surface area contributed by atoms with Crippen LogP contribution in [0.1, 0.15) is 31.7 Å². The van der Waals surface area contributed by atoms with E-state index in [1.54, 1.807) is 0 Å². The molecule has 2 atom stereocenters. The average Bonchev–Trinajstić information content (AvgIpc) is 2.49. The van der Waals surface area contributed by atoms with Crippen molar-refractivity contribution >= 4 is 11.9 Å². The number of benzene rings is 1. The predicted molar refractivity (Wildman–Crippen MR) is 83.7 cm³/mol. The molecule has 0 spiro atoms. The highest BCUT2D eigenvalue weighted by Crippen LogP contribution is 2.18. The second-order valence-corrected chi connectivity index (χ2v) is 4.45. The van der Waals surface area contributed by atoms with Crippen LogP contribution in [0.2, 0.25) is 0 Å². The standard InChI is InChI=1S/C12H14O2.C5H8O3/c1-3-14-12(13)9-10(2)11-7-5-4-6-8-11;1-3-8-5(7)4(2)6/h3-8,10H,1,9H2,2H3;3-4,6H,1H2,2H3. The molecule has 0 aliphatic rings. The Balaban J connectivity index is 0.000000472. The minimum atomic E-state index is -1.06. The van der Waals surface area contributed by atoms with Crippen molar-refractivity contribution in [2.24, 2.45) is 0 Å². The first-order valence-electron chi connectivity index (χ1n) is 6.77. The number of aliphatic hydroxyl groups excluding tert-OH is 1. The molecule has 120 valence electrons. The van der Waals surface area contributed by atoms with Gasteiger partial charge in [0.2, 0.25) is 0 Å². The van der Waals surface area contributed by atoms with Crippen molar-refractivity contribution in [3.05, 3.63) is 61.6 Å². The Bertz CT molecular complexity index is 479. The highest BCUT2D eigenvalue weighted by molar-refractivity contribution is 5.74. The first kappa shape index (κ1) is 19.6. The molecule has 0 amide bonds. The maximum atomic E-state index is 11.1. The van der Waals surface area contributed by atoms with Crippen LogP contribution in [-0.2, 0) is 19.1 Å². The maximum absolute atomic E-state index is 11.1. The third kappa shape index (κ3) is 8.71. The second kappa shape index (κ2) is 11.3. The van der Waals surface area contributed by atoms with Gasteiger partial charge in [0.25, 0.3) is 0 Å². The summed E-state index contributed by atoms with van der Waals surface area (Å²) in [6.45, 7) is 9.79. The van der Waals surface area contributed by atoms with Gasteiger partial charge in [-0.1, -0.05) is 50.4 Å².